The molecule has 0 aliphatic rings. The number of benzene rings is 2. The molecule has 1 aromatic heterocycles. The Morgan fingerprint density at radius 1 is 1.00 bits per heavy atom. The van der Waals surface area contributed by atoms with Gasteiger partial charge in [-0.05, 0) is 48.8 Å². The monoisotopic (exact) mass is 279 g/mol. The van der Waals surface area contributed by atoms with Crippen LogP contribution < -0.4 is 5.32 Å². The van der Waals surface area contributed by atoms with E-state index in [0.29, 0.717) is 0 Å². The highest BCUT2D eigenvalue weighted by Gasteiger charge is 2.02. The standard InChI is InChI=1S/C18H21N3/c1-21(2)13-14-6-8-17(9-7-14)20-12-16-5-3-4-15-10-11-19-18(15)16/h3-11,19-20H,12-13H2,1-2H3. The molecule has 0 fully saturated rings. The Hall–Kier alpha value is -2.26. The number of para-hydroxylation sites is 1. The van der Waals surface area contributed by atoms with Crippen LogP contribution >= 0.6 is 0 Å². The van der Waals surface area contributed by atoms with E-state index in [4.69, 9.17) is 0 Å². The van der Waals surface area contributed by atoms with Gasteiger partial charge in [-0.2, -0.15) is 0 Å². The van der Waals surface area contributed by atoms with Crippen LogP contribution in [0.2, 0.25) is 0 Å². The summed E-state index contributed by atoms with van der Waals surface area (Å²) in [6, 6.07) is 17.1. The van der Waals surface area contributed by atoms with E-state index < -0.39 is 0 Å². The van der Waals surface area contributed by atoms with Crippen LogP contribution in [0.4, 0.5) is 5.69 Å². The maximum absolute atomic E-state index is 3.49. The fourth-order valence-corrected chi connectivity index (χ4v) is 2.59. The van der Waals surface area contributed by atoms with Gasteiger partial charge < -0.3 is 15.2 Å². The number of aromatic amines is 1. The lowest BCUT2D eigenvalue weighted by Gasteiger charge is -2.11. The number of nitrogens with zero attached hydrogens (tertiary/aromatic N) is 1. The van der Waals surface area contributed by atoms with Gasteiger partial charge in [0.2, 0.25) is 0 Å². The Kier molecular flexibility index (Phi) is 3.93. The molecule has 3 heteroatoms. The van der Waals surface area contributed by atoms with Gasteiger partial charge in [-0.25, -0.2) is 0 Å². The summed E-state index contributed by atoms with van der Waals surface area (Å²) in [6.07, 6.45) is 1.99. The van der Waals surface area contributed by atoms with Crippen molar-refractivity contribution in [2.45, 2.75) is 13.1 Å². The number of rotatable bonds is 5. The van der Waals surface area contributed by atoms with Gasteiger partial charge in [0.25, 0.3) is 0 Å². The molecule has 0 amide bonds. The third-order valence-electron chi connectivity index (χ3n) is 3.61. The Balaban J connectivity index is 1.68. The lowest BCUT2D eigenvalue weighted by Crippen LogP contribution is -2.10. The van der Waals surface area contributed by atoms with Gasteiger partial charge >= 0.3 is 0 Å². The van der Waals surface area contributed by atoms with Crippen molar-refractivity contribution in [3.63, 3.8) is 0 Å². The van der Waals surface area contributed by atoms with E-state index in [1.807, 2.05) is 6.20 Å². The second-order valence-corrected chi connectivity index (χ2v) is 5.65. The largest absolute Gasteiger partial charge is 0.381 e. The smallest absolute Gasteiger partial charge is 0.0504 e. The third-order valence-corrected chi connectivity index (χ3v) is 3.61. The predicted molar refractivity (Wildman–Crippen MR) is 89.5 cm³/mol. The van der Waals surface area contributed by atoms with E-state index in [-0.39, 0.29) is 0 Å². The van der Waals surface area contributed by atoms with Gasteiger partial charge in [-0.15, -0.1) is 0 Å². The Bertz CT molecular complexity index is 711. The Labute approximate surface area is 125 Å². The molecule has 3 aromatic rings. The normalized spacial score (nSPS) is 11.2. The number of nitrogens with one attached hydrogen (secondary N) is 2. The van der Waals surface area contributed by atoms with Crippen LogP contribution in [0.25, 0.3) is 10.9 Å². The van der Waals surface area contributed by atoms with Gasteiger partial charge in [0.05, 0.1) is 5.52 Å². The first-order chi connectivity index (χ1) is 10.2. The average molecular weight is 279 g/mol. The van der Waals surface area contributed by atoms with Crippen LogP contribution in [-0.2, 0) is 13.1 Å². The molecule has 0 bridgehead atoms. The van der Waals surface area contributed by atoms with E-state index in [1.54, 1.807) is 0 Å². The van der Waals surface area contributed by atoms with Gasteiger partial charge in [-0.3, -0.25) is 0 Å². The molecule has 0 unspecified atom stereocenters. The number of aromatic nitrogens is 1. The highest BCUT2D eigenvalue weighted by Crippen LogP contribution is 2.18. The number of hydrogen-bond donors (Lipinski definition) is 2. The van der Waals surface area contributed by atoms with E-state index in [1.165, 1.54) is 22.0 Å². The molecule has 0 spiro atoms. The minimum atomic E-state index is 0.824. The van der Waals surface area contributed by atoms with Gasteiger partial charge in [0, 0.05) is 25.0 Å². The molecule has 3 nitrogen and oxygen atoms in total. The average Bonchev–Trinajstić information content (AvgIpc) is 2.95. The molecule has 0 saturated carbocycles. The molecule has 0 radical (unpaired) electrons. The van der Waals surface area contributed by atoms with Crippen LogP contribution in [0.3, 0.4) is 0 Å². The van der Waals surface area contributed by atoms with Gasteiger partial charge in [-0.1, -0.05) is 30.3 Å². The fraction of sp³-hybridized carbons (Fsp3) is 0.222. The van der Waals surface area contributed by atoms with Crippen molar-refractivity contribution in [2.24, 2.45) is 0 Å². The molecule has 21 heavy (non-hydrogen) atoms. The van der Waals surface area contributed by atoms with E-state index >= 15 is 0 Å². The number of H-pyrrole nitrogens is 1. The summed E-state index contributed by atoms with van der Waals surface area (Å²) in [5.74, 6) is 0. The molecule has 108 valence electrons. The highest BCUT2D eigenvalue weighted by atomic mass is 15.0. The molecule has 3 rings (SSSR count). The SMILES string of the molecule is CN(C)Cc1ccc(NCc2cccc3cc[nH]c23)cc1. The number of anilines is 1. The number of fused-ring (bicyclic) bond motifs is 1. The topological polar surface area (TPSA) is 31.1 Å². The molecular weight excluding hydrogens is 258 g/mol. The molecule has 0 aliphatic carbocycles. The summed E-state index contributed by atoms with van der Waals surface area (Å²) in [4.78, 5) is 5.48. The molecule has 0 saturated heterocycles. The van der Waals surface area contributed by atoms with Gasteiger partial charge in [0.1, 0.15) is 0 Å². The van der Waals surface area contributed by atoms with Crippen LogP contribution in [-0.4, -0.2) is 24.0 Å². The molecule has 1 heterocycles. The van der Waals surface area contributed by atoms with E-state index in [9.17, 15) is 0 Å². The first-order valence-corrected chi connectivity index (χ1v) is 7.25. The zero-order chi connectivity index (χ0) is 14.7. The van der Waals surface area contributed by atoms with Crippen LogP contribution in [0.15, 0.2) is 54.7 Å². The maximum atomic E-state index is 3.49. The number of hydrogen-bond acceptors (Lipinski definition) is 2. The van der Waals surface area contributed by atoms with Crippen molar-refractivity contribution in [1.29, 1.82) is 0 Å². The molecule has 2 aromatic carbocycles. The first-order valence-electron chi connectivity index (χ1n) is 7.25. The van der Waals surface area contributed by atoms with Crippen molar-refractivity contribution in [1.82, 2.24) is 9.88 Å². The first kappa shape index (κ1) is 13.7. The van der Waals surface area contributed by atoms with E-state index in [2.05, 4.69) is 77.8 Å². The lowest BCUT2D eigenvalue weighted by molar-refractivity contribution is 0.402. The van der Waals surface area contributed by atoms with Crippen molar-refractivity contribution in [3.8, 4) is 0 Å². The minimum absolute atomic E-state index is 0.824. The highest BCUT2D eigenvalue weighted by molar-refractivity contribution is 5.82. The minimum Gasteiger partial charge on any atom is -0.381 e. The molecule has 0 aliphatic heterocycles. The fourth-order valence-electron chi connectivity index (χ4n) is 2.59. The van der Waals surface area contributed by atoms with Crippen molar-refractivity contribution in [3.05, 3.63) is 65.9 Å². The summed E-state index contributed by atoms with van der Waals surface area (Å²) < 4.78 is 0. The Morgan fingerprint density at radius 3 is 2.57 bits per heavy atom. The van der Waals surface area contributed by atoms with Crippen LogP contribution in [0.5, 0.6) is 0 Å². The van der Waals surface area contributed by atoms with Gasteiger partial charge in [0.15, 0.2) is 0 Å². The summed E-state index contributed by atoms with van der Waals surface area (Å²) in [5.41, 5.74) is 4.99. The summed E-state index contributed by atoms with van der Waals surface area (Å²) >= 11 is 0. The third kappa shape index (κ3) is 3.26. The second-order valence-electron chi connectivity index (χ2n) is 5.65. The predicted octanol–water partition coefficient (Wildman–Crippen LogP) is 3.84. The zero-order valence-corrected chi connectivity index (χ0v) is 12.6. The molecule has 0 atom stereocenters. The summed E-state index contributed by atoms with van der Waals surface area (Å²) in [5, 5.41) is 4.75. The Morgan fingerprint density at radius 2 is 1.81 bits per heavy atom. The van der Waals surface area contributed by atoms with Crippen LogP contribution in [0.1, 0.15) is 11.1 Å². The molecular formula is C18H21N3. The quantitative estimate of drug-likeness (QED) is 0.743. The maximum Gasteiger partial charge on any atom is 0.0504 e. The lowest BCUT2D eigenvalue weighted by atomic mass is 10.1. The molecule has 2 N–H and O–H groups in total. The van der Waals surface area contributed by atoms with Crippen LogP contribution in [0, 0.1) is 0 Å². The summed E-state index contributed by atoms with van der Waals surface area (Å²) in [7, 11) is 4.17. The summed E-state index contributed by atoms with van der Waals surface area (Å²) in [6.45, 7) is 1.80. The van der Waals surface area contributed by atoms with E-state index in [0.717, 1.165) is 18.8 Å². The second kappa shape index (κ2) is 6.02. The zero-order valence-electron chi connectivity index (χ0n) is 12.6. The van der Waals surface area contributed by atoms with Crippen molar-refractivity contribution >= 4 is 16.6 Å². The van der Waals surface area contributed by atoms with Crippen molar-refractivity contribution < 1.29 is 0 Å². The van der Waals surface area contributed by atoms with Crippen molar-refractivity contribution in [2.75, 3.05) is 19.4 Å².